The molecule has 1 heterocycles. The summed E-state index contributed by atoms with van der Waals surface area (Å²) in [7, 11) is 0. The van der Waals surface area contributed by atoms with Crippen LogP contribution in [0.5, 0.6) is 0 Å². The van der Waals surface area contributed by atoms with Gasteiger partial charge in [0.1, 0.15) is 12.2 Å². The second-order valence-corrected chi connectivity index (χ2v) is 4.91. The lowest BCUT2D eigenvalue weighted by molar-refractivity contribution is 0.365. The minimum Gasteiger partial charge on any atom is -0.316 e. The fourth-order valence-electron chi connectivity index (χ4n) is 2.41. The highest BCUT2D eigenvalue weighted by Crippen LogP contribution is 2.62. The van der Waals surface area contributed by atoms with E-state index >= 15 is 0 Å². The van der Waals surface area contributed by atoms with Gasteiger partial charge in [-0.25, -0.2) is 0 Å². The maximum absolute atomic E-state index is 5.79. The molecule has 3 nitrogen and oxygen atoms in total. The highest BCUT2D eigenvalue weighted by molar-refractivity contribution is 6.16. The summed E-state index contributed by atoms with van der Waals surface area (Å²) in [6.45, 7) is 1.09. The molecule has 0 unspecified atom stereocenters. The van der Waals surface area contributed by atoms with Crippen LogP contribution < -0.4 is 0 Å². The van der Waals surface area contributed by atoms with E-state index in [4.69, 9.17) is 11.6 Å². The first-order valence-electron chi connectivity index (χ1n) is 5.27. The topological polar surface area (TPSA) is 30.7 Å². The summed E-state index contributed by atoms with van der Waals surface area (Å²) in [6.07, 6.45) is 7.45. The van der Waals surface area contributed by atoms with Crippen molar-refractivity contribution in [2.75, 3.05) is 0 Å². The molecule has 0 atom stereocenters. The second-order valence-electron chi connectivity index (χ2n) is 4.65. The Morgan fingerprint density at radius 2 is 2.29 bits per heavy atom. The molecule has 0 spiro atoms. The van der Waals surface area contributed by atoms with Crippen LogP contribution in [0.1, 0.15) is 31.5 Å². The number of alkyl halides is 1. The third kappa shape index (κ3) is 1.34. The molecule has 4 heteroatoms. The maximum Gasteiger partial charge on any atom is 0.147 e. The number of hydrogen-bond donors (Lipinski definition) is 0. The van der Waals surface area contributed by atoms with Gasteiger partial charge in [-0.1, -0.05) is 0 Å². The number of rotatable bonds is 4. The summed E-state index contributed by atoms with van der Waals surface area (Å²) in [5, 5.41) is 7.92. The van der Waals surface area contributed by atoms with Crippen LogP contribution in [0.2, 0.25) is 0 Å². The Labute approximate surface area is 88.5 Å². The van der Waals surface area contributed by atoms with Gasteiger partial charge >= 0.3 is 0 Å². The smallest absolute Gasteiger partial charge is 0.147 e. The predicted molar refractivity (Wildman–Crippen MR) is 54.0 cm³/mol. The summed E-state index contributed by atoms with van der Waals surface area (Å²) in [5.74, 6) is 2.37. The van der Waals surface area contributed by atoms with Gasteiger partial charge in [-0.05, 0) is 37.0 Å². The lowest BCUT2D eigenvalue weighted by Gasteiger charge is -2.15. The van der Waals surface area contributed by atoms with Crippen LogP contribution in [-0.4, -0.2) is 14.8 Å². The molecule has 0 bridgehead atoms. The van der Waals surface area contributed by atoms with Crippen molar-refractivity contribution in [3.63, 3.8) is 0 Å². The van der Waals surface area contributed by atoms with E-state index in [0.29, 0.717) is 11.3 Å². The van der Waals surface area contributed by atoms with Gasteiger partial charge in [0.2, 0.25) is 0 Å². The van der Waals surface area contributed by atoms with Crippen molar-refractivity contribution in [3.8, 4) is 0 Å². The SMILES string of the molecule is ClCc1nncn1CC1(C2CC2)CC1. The fourth-order valence-corrected chi connectivity index (χ4v) is 2.61. The molecule has 3 rings (SSSR count). The minimum atomic E-state index is 0.473. The van der Waals surface area contributed by atoms with Crippen LogP contribution in [0.4, 0.5) is 0 Å². The molecule has 2 aliphatic rings. The van der Waals surface area contributed by atoms with E-state index in [0.717, 1.165) is 18.3 Å². The maximum atomic E-state index is 5.79. The molecule has 14 heavy (non-hydrogen) atoms. The van der Waals surface area contributed by atoms with E-state index in [-0.39, 0.29) is 0 Å². The van der Waals surface area contributed by atoms with Crippen molar-refractivity contribution < 1.29 is 0 Å². The molecule has 1 aromatic rings. The molecule has 1 aromatic heterocycles. The Balaban J connectivity index is 1.77. The first kappa shape index (κ1) is 8.72. The van der Waals surface area contributed by atoms with Crippen LogP contribution in [-0.2, 0) is 12.4 Å². The van der Waals surface area contributed by atoms with Crippen molar-refractivity contribution >= 4 is 11.6 Å². The summed E-state index contributed by atoms with van der Waals surface area (Å²) in [6, 6.07) is 0. The van der Waals surface area contributed by atoms with Gasteiger partial charge < -0.3 is 4.57 Å². The Kier molecular flexibility index (Phi) is 1.84. The summed E-state index contributed by atoms with van der Waals surface area (Å²) < 4.78 is 2.14. The van der Waals surface area contributed by atoms with Crippen LogP contribution in [0.3, 0.4) is 0 Å². The Morgan fingerprint density at radius 3 is 2.86 bits per heavy atom. The van der Waals surface area contributed by atoms with E-state index < -0.39 is 0 Å². The first-order chi connectivity index (χ1) is 6.84. The van der Waals surface area contributed by atoms with Gasteiger partial charge in [0.05, 0.1) is 5.88 Å². The highest BCUT2D eigenvalue weighted by atomic mass is 35.5. The van der Waals surface area contributed by atoms with Crippen molar-refractivity contribution in [2.24, 2.45) is 11.3 Å². The van der Waals surface area contributed by atoms with Crippen molar-refractivity contribution in [1.82, 2.24) is 14.8 Å². The summed E-state index contributed by atoms with van der Waals surface area (Å²) in [4.78, 5) is 0. The average Bonchev–Trinajstić information content (AvgIpc) is 3.04. The van der Waals surface area contributed by atoms with Gasteiger partial charge in [-0.15, -0.1) is 21.8 Å². The predicted octanol–water partition coefficient (Wildman–Crippen LogP) is 2.21. The minimum absolute atomic E-state index is 0.473. The van der Waals surface area contributed by atoms with Crippen LogP contribution in [0.25, 0.3) is 0 Å². The van der Waals surface area contributed by atoms with Crippen LogP contribution in [0.15, 0.2) is 6.33 Å². The largest absolute Gasteiger partial charge is 0.316 e. The molecule has 2 saturated carbocycles. The number of halogens is 1. The number of aromatic nitrogens is 3. The third-order valence-corrected chi connectivity index (χ3v) is 3.88. The monoisotopic (exact) mass is 211 g/mol. The summed E-state index contributed by atoms with van der Waals surface area (Å²) in [5.41, 5.74) is 0.600. The normalized spacial score (nSPS) is 23.8. The van der Waals surface area contributed by atoms with Crippen molar-refractivity contribution in [2.45, 2.75) is 38.1 Å². The van der Waals surface area contributed by atoms with Gasteiger partial charge in [-0.3, -0.25) is 0 Å². The lowest BCUT2D eigenvalue weighted by Crippen LogP contribution is -2.15. The quantitative estimate of drug-likeness (QED) is 0.715. The molecule has 0 aliphatic heterocycles. The second kappa shape index (κ2) is 2.96. The van der Waals surface area contributed by atoms with Gasteiger partial charge in [0.25, 0.3) is 0 Å². The van der Waals surface area contributed by atoms with Crippen molar-refractivity contribution in [3.05, 3.63) is 12.2 Å². The van der Waals surface area contributed by atoms with E-state index in [1.165, 1.54) is 25.7 Å². The number of nitrogens with zero attached hydrogens (tertiary/aromatic N) is 3. The van der Waals surface area contributed by atoms with E-state index in [1.807, 2.05) is 6.33 Å². The third-order valence-electron chi connectivity index (χ3n) is 3.64. The fraction of sp³-hybridized carbons (Fsp3) is 0.800. The molecule has 0 aromatic carbocycles. The molecular formula is C10H14ClN3. The zero-order valence-corrected chi connectivity index (χ0v) is 8.87. The molecule has 0 radical (unpaired) electrons. The van der Waals surface area contributed by atoms with Gasteiger partial charge in [0, 0.05) is 6.54 Å². The molecule has 0 N–H and O–H groups in total. The molecule has 0 amide bonds. The lowest BCUT2D eigenvalue weighted by atomic mass is 10.0. The molecule has 2 aliphatic carbocycles. The Bertz CT molecular complexity index is 339. The Hall–Kier alpha value is -0.570. The van der Waals surface area contributed by atoms with Crippen LogP contribution in [0, 0.1) is 11.3 Å². The zero-order chi connectivity index (χ0) is 9.60. The van der Waals surface area contributed by atoms with Gasteiger partial charge in [0.15, 0.2) is 0 Å². The first-order valence-corrected chi connectivity index (χ1v) is 5.80. The molecule has 0 saturated heterocycles. The molecule has 2 fully saturated rings. The van der Waals surface area contributed by atoms with E-state index in [9.17, 15) is 0 Å². The molecular weight excluding hydrogens is 198 g/mol. The Morgan fingerprint density at radius 1 is 1.50 bits per heavy atom. The van der Waals surface area contributed by atoms with E-state index in [2.05, 4.69) is 14.8 Å². The molecule has 76 valence electrons. The number of hydrogen-bond acceptors (Lipinski definition) is 2. The average molecular weight is 212 g/mol. The van der Waals surface area contributed by atoms with E-state index in [1.54, 1.807) is 0 Å². The standard InChI is InChI=1S/C10H14ClN3/c11-5-9-13-12-7-14(9)6-10(3-4-10)8-1-2-8/h7-8H,1-6H2. The summed E-state index contributed by atoms with van der Waals surface area (Å²) >= 11 is 5.79. The highest BCUT2D eigenvalue weighted by Gasteiger charge is 2.53. The zero-order valence-electron chi connectivity index (χ0n) is 8.12. The van der Waals surface area contributed by atoms with Crippen molar-refractivity contribution in [1.29, 1.82) is 0 Å². The van der Waals surface area contributed by atoms with Gasteiger partial charge in [-0.2, -0.15) is 0 Å². The van der Waals surface area contributed by atoms with Crippen LogP contribution >= 0.6 is 11.6 Å².